The summed E-state index contributed by atoms with van der Waals surface area (Å²) in [6, 6.07) is 0. The minimum atomic E-state index is -0.901. The first kappa shape index (κ1) is 15.2. The van der Waals surface area contributed by atoms with Gasteiger partial charge in [-0.3, -0.25) is 18.7 Å². The van der Waals surface area contributed by atoms with E-state index in [1.807, 2.05) is 0 Å². The molecule has 3 heterocycles. The van der Waals surface area contributed by atoms with Gasteiger partial charge < -0.3 is 10.2 Å². The normalized spacial score (nSPS) is 12.7. The topological polar surface area (TPSA) is 113 Å². The summed E-state index contributed by atoms with van der Waals surface area (Å²) < 4.78 is 7.80. The summed E-state index contributed by atoms with van der Waals surface area (Å²) >= 11 is 1.26. The van der Waals surface area contributed by atoms with Gasteiger partial charge in [0.1, 0.15) is 22.1 Å². The second-order valence-corrected chi connectivity index (χ2v) is 6.09. The molecule has 2 N–H and O–H groups in total. The Balaban J connectivity index is 2.47. The third-order valence-corrected chi connectivity index (χ3v) is 4.62. The van der Waals surface area contributed by atoms with E-state index in [1.54, 1.807) is 18.5 Å². The number of aromatic nitrogens is 3. The quantitative estimate of drug-likeness (QED) is 0.736. The lowest BCUT2D eigenvalue weighted by molar-refractivity contribution is -0.118. The third kappa shape index (κ3) is 2.12. The van der Waals surface area contributed by atoms with Crippen LogP contribution < -0.4 is 17.0 Å². The Labute approximate surface area is 133 Å². The number of nitrogens with two attached hydrogens (primary N) is 1. The fraction of sp³-hybridized carbons (Fsp3) is 0.286. The van der Waals surface area contributed by atoms with Crippen LogP contribution in [0.2, 0.25) is 0 Å². The Morgan fingerprint density at radius 2 is 2.04 bits per heavy atom. The molecular formula is C14H14N4O4S. The summed E-state index contributed by atoms with van der Waals surface area (Å²) in [5, 5.41) is 2.36. The van der Waals surface area contributed by atoms with Crippen LogP contribution in [0, 0.1) is 6.92 Å². The molecule has 1 unspecified atom stereocenters. The number of hydrogen-bond donors (Lipinski definition) is 1. The lowest BCUT2D eigenvalue weighted by Crippen LogP contribution is -2.37. The van der Waals surface area contributed by atoms with E-state index in [0.29, 0.717) is 16.3 Å². The Morgan fingerprint density at radius 3 is 2.61 bits per heavy atom. The zero-order chi connectivity index (χ0) is 16.9. The number of thiazole rings is 1. The van der Waals surface area contributed by atoms with E-state index in [0.717, 1.165) is 4.57 Å². The van der Waals surface area contributed by atoms with E-state index in [9.17, 15) is 14.4 Å². The number of hydrogen-bond acceptors (Lipinski definition) is 6. The van der Waals surface area contributed by atoms with Crippen LogP contribution in [-0.4, -0.2) is 20.0 Å². The van der Waals surface area contributed by atoms with Crippen molar-refractivity contribution in [3.8, 4) is 0 Å². The fourth-order valence-corrected chi connectivity index (χ4v) is 3.42. The monoisotopic (exact) mass is 334 g/mol. The molecule has 0 radical (unpaired) electrons. The van der Waals surface area contributed by atoms with E-state index in [4.69, 9.17) is 10.2 Å². The SMILES string of the molecule is Cc1oc2c(c1C(C(N)=O)c1nccs1)c(=O)n(C)c(=O)n2C. The Hall–Kier alpha value is -2.68. The summed E-state index contributed by atoms with van der Waals surface area (Å²) in [5.41, 5.74) is 4.99. The van der Waals surface area contributed by atoms with E-state index in [2.05, 4.69) is 4.98 Å². The summed E-state index contributed by atoms with van der Waals surface area (Å²) in [7, 11) is 2.87. The van der Waals surface area contributed by atoms with Crippen molar-refractivity contribution in [2.24, 2.45) is 19.8 Å². The average Bonchev–Trinajstić information content (AvgIpc) is 3.12. The zero-order valence-corrected chi connectivity index (χ0v) is 13.5. The van der Waals surface area contributed by atoms with Crippen molar-refractivity contribution in [3.05, 3.63) is 48.7 Å². The highest BCUT2D eigenvalue weighted by atomic mass is 32.1. The van der Waals surface area contributed by atoms with Crippen molar-refractivity contribution in [1.82, 2.24) is 14.1 Å². The number of furan rings is 1. The second kappa shape index (κ2) is 5.20. The van der Waals surface area contributed by atoms with Crippen LogP contribution in [0.5, 0.6) is 0 Å². The van der Waals surface area contributed by atoms with Crippen molar-refractivity contribution < 1.29 is 9.21 Å². The number of carbonyl (C=O) groups excluding carboxylic acids is 1. The number of primary amides is 1. The van der Waals surface area contributed by atoms with Gasteiger partial charge in [-0.05, 0) is 6.92 Å². The molecule has 1 atom stereocenters. The molecule has 0 aromatic carbocycles. The number of amides is 1. The molecule has 23 heavy (non-hydrogen) atoms. The van der Waals surface area contributed by atoms with Crippen molar-refractivity contribution >= 4 is 28.3 Å². The lowest BCUT2D eigenvalue weighted by atomic mass is 9.97. The number of aryl methyl sites for hydroxylation is 2. The van der Waals surface area contributed by atoms with Gasteiger partial charge >= 0.3 is 5.69 Å². The van der Waals surface area contributed by atoms with Crippen molar-refractivity contribution in [2.45, 2.75) is 12.8 Å². The average molecular weight is 334 g/mol. The van der Waals surface area contributed by atoms with Crippen LogP contribution in [0.25, 0.3) is 11.1 Å². The number of nitrogens with zero attached hydrogens (tertiary/aromatic N) is 3. The smallest absolute Gasteiger partial charge is 0.333 e. The Kier molecular flexibility index (Phi) is 3.44. The molecule has 8 nitrogen and oxygen atoms in total. The molecular weight excluding hydrogens is 320 g/mol. The van der Waals surface area contributed by atoms with Crippen LogP contribution in [0.4, 0.5) is 0 Å². The molecule has 9 heteroatoms. The van der Waals surface area contributed by atoms with Crippen LogP contribution in [-0.2, 0) is 18.9 Å². The predicted molar refractivity (Wildman–Crippen MR) is 84.6 cm³/mol. The highest BCUT2D eigenvalue weighted by Gasteiger charge is 2.31. The predicted octanol–water partition coefficient (Wildman–Crippen LogP) is 0.212. The van der Waals surface area contributed by atoms with Crippen molar-refractivity contribution in [1.29, 1.82) is 0 Å². The molecule has 0 bridgehead atoms. The summed E-state index contributed by atoms with van der Waals surface area (Å²) in [4.78, 5) is 40.7. The van der Waals surface area contributed by atoms with E-state index >= 15 is 0 Å². The molecule has 120 valence electrons. The molecule has 0 aliphatic carbocycles. The van der Waals surface area contributed by atoms with Gasteiger partial charge in [-0.25, -0.2) is 9.78 Å². The van der Waals surface area contributed by atoms with E-state index in [-0.39, 0.29) is 11.1 Å². The summed E-state index contributed by atoms with van der Waals surface area (Å²) in [6.45, 7) is 1.63. The number of fused-ring (bicyclic) bond motifs is 1. The highest BCUT2D eigenvalue weighted by molar-refractivity contribution is 7.09. The lowest BCUT2D eigenvalue weighted by Gasteiger charge is -2.10. The molecule has 1 amide bonds. The fourth-order valence-electron chi connectivity index (χ4n) is 2.66. The summed E-state index contributed by atoms with van der Waals surface area (Å²) in [5.74, 6) is -1.18. The molecule has 0 saturated heterocycles. The molecule has 0 spiro atoms. The second-order valence-electron chi connectivity index (χ2n) is 5.16. The molecule has 3 aromatic rings. The molecule has 0 saturated carbocycles. The van der Waals surface area contributed by atoms with E-state index < -0.39 is 23.1 Å². The van der Waals surface area contributed by atoms with E-state index in [1.165, 1.54) is 30.0 Å². The van der Waals surface area contributed by atoms with Crippen LogP contribution in [0.15, 0.2) is 25.6 Å². The van der Waals surface area contributed by atoms with Gasteiger partial charge in [0, 0.05) is 31.2 Å². The Morgan fingerprint density at radius 1 is 1.35 bits per heavy atom. The maximum Gasteiger partial charge on any atom is 0.333 e. The maximum atomic E-state index is 12.6. The van der Waals surface area contributed by atoms with Crippen LogP contribution >= 0.6 is 11.3 Å². The highest BCUT2D eigenvalue weighted by Crippen LogP contribution is 2.34. The maximum absolute atomic E-state index is 12.6. The first-order valence-corrected chi connectivity index (χ1v) is 7.60. The number of carbonyl (C=O) groups is 1. The molecule has 0 aliphatic heterocycles. The Bertz CT molecular complexity index is 1030. The van der Waals surface area contributed by atoms with Gasteiger partial charge in [-0.1, -0.05) is 0 Å². The zero-order valence-electron chi connectivity index (χ0n) is 12.7. The first-order valence-electron chi connectivity index (χ1n) is 6.72. The largest absolute Gasteiger partial charge is 0.444 e. The standard InChI is InChI=1S/C14H14N4O4S/c1-6-7(8(10(15)19)11-16-4-5-23-11)9-12(20)17(2)14(21)18(3)13(9)22-6/h4-5,8H,1-3H3,(H2,15,19). The minimum absolute atomic E-state index is 0.119. The van der Waals surface area contributed by atoms with Gasteiger partial charge in [-0.2, -0.15) is 0 Å². The first-order chi connectivity index (χ1) is 10.8. The number of rotatable bonds is 3. The molecule has 3 aromatic heterocycles. The molecule has 3 rings (SSSR count). The van der Waals surface area contributed by atoms with Crippen LogP contribution in [0.1, 0.15) is 22.2 Å². The van der Waals surface area contributed by atoms with Gasteiger partial charge in [0.05, 0.1) is 0 Å². The van der Waals surface area contributed by atoms with Crippen LogP contribution in [0.3, 0.4) is 0 Å². The summed E-state index contributed by atoms with van der Waals surface area (Å²) in [6.07, 6.45) is 1.56. The molecule has 0 aliphatic rings. The van der Waals surface area contributed by atoms with Crippen molar-refractivity contribution in [3.63, 3.8) is 0 Å². The third-order valence-electron chi connectivity index (χ3n) is 3.78. The van der Waals surface area contributed by atoms with Gasteiger partial charge in [-0.15, -0.1) is 11.3 Å². The van der Waals surface area contributed by atoms with Gasteiger partial charge in [0.2, 0.25) is 11.6 Å². The van der Waals surface area contributed by atoms with Gasteiger partial charge in [0.15, 0.2) is 0 Å². The molecule has 0 fully saturated rings. The minimum Gasteiger partial charge on any atom is -0.444 e. The van der Waals surface area contributed by atoms with Gasteiger partial charge in [0.25, 0.3) is 5.56 Å². The van der Waals surface area contributed by atoms with Crippen molar-refractivity contribution in [2.75, 3.05) is 0 Å².